The molecular formula is C20H24N2O2. The van der Waals surface area contributed by atoms with Crippen LogP contribution < -0.4 is 4.84 Å². The van der Waals surface area contributed by atoms with Gasteiger partial charge < -0.3 is 9.74 Å². The number of para-hydroxylation sites is 1. The van der Waals surface area contributed by atoms with Crippen LogP contribution in [0.25, 0.3) is 10.9 Å². The predicted molar refractivity (Wildman–Crippen MR) is 95.3 cm³/mol. The van der Waals surface area contributed by atoms with Gasteiger partial charge in [0.05, 0.1) is 5.52 Å². The summed E-state index contributed by atoms with van der Waals surface area (Å²) in [6.45, 7) is 4.11. The van der Waals surface area contributed by atoms with Gasteiger partial charge in [-0.1, -0.05) is 29.8 Å². The number of nitrogens with zero attached hydrogens (tertiary/aromatic N) is 2. The first-order valence-corrected chi connectivity index (χ1v) is 8.67. The van der Waals surface area contributed by atoms with Gasteiger partial charge in [-0.3, -0.25) is 4.79 Å². The van der Waals surface area contributed by atoms with E-state index in [1.54, 1.807) is 11.8 Å². The van der Waals surface area contributed by atoms with E-state index >= 15 is 0 Å². The number of rotatable bonds is 1. The van der Waals surface area contributed by atoms with Crippen molar-refractivity contribution in [1.29, 1.82) is 0 Å². The molecule has 2 aromatic rings. The van der Waals surface area contributed by atoms with E-state index in [1.165, 1.54) is 5.57 Å². The van der Waals surface area contributed by atoms with Crippen molar-refractivity contribution in [2.24, 2.45) is 11.8 Å². The molecule has 1 fully saturated rings. The standard InChI is InChI=1S/C20H24N2O2/c1-4-13-11-21(2)12-14-9-17-15-7-5-6-8-18(15)22(24-3)20(17)19(23)10-16(13)14/h4-8,14,16H,9-12H2,1-3H3. The van der Waals surface area contributed by atoms with Crippen molar-refractivity contribution in [2.75, 3.05) is 27.2 Å². The van der Waals surface area contributed by atoms with Crippen LogP contribution in [0.3, 0.4) is 0 Å². The van der Waals surface area contributed by atoms with Crippen molar-refractivity contribution in [1.82, 2.24) is 9.63 Å². The molecule has 0 radical (unpaired) electrons. The molecule has 2 heterocycles. The van der Waals surface area contributed by atoms with Crippen LogP contribution in [-0.2, 0) is 6.42 Å². The number of likely N-dealkylation sites (tertiary alicyclic amines) is 1. The minimum Gasteiger partial charge on any atom is -0.416 e. The zero-order chi connectivity index (χ0) is 16.8. The Morgan fingerprint density at radius 2 is 2.04 bits per heavy atom. The second kappa shape index (κ2) is 5.78. The minimum atomic E-state index is 0.208. The van der Waals surface area contributed by atoms with Gasteiger partial charge in [-0.15, -0.1) is 0 Å². The largest absolute Gasteiger partial charge is 0.416 e. The minimum absolute atomic E-state index is 0.208. The van der Waals surface area contributed by atoms with E-state index in [0.717, 1.165) is 41.7 Å². The molecule has 0 N–H and O–H groups in total. The van der Waals surface area contributed by atoms with Crippen LogP contribution in [0.4, 0.5) is 0 Å². The lowest BCUT2D eigenvalue weighted by Crippen LogP contribution is -2.40. The molecule has 0 spiro atoms. The van der Waals surface area contributed by atoms with Crippen LogP contribution in [0.1, 0.15) is 29.4 Å². The number of piperidine rings is 1. The van der Waals surface area contributed by atoms with E-state index in [1.807, 2.05) is 18.2 Å². The fourth-order valence-electron chi connectivity index (χ4n) is 4.65. The summed E-state index contributed by atoms with van der Waals surface area (Å²) in [4.78, 5) is 21.1. The van der Waals surface area contributed by atoms with Crippen LogP contribution in [0.15, 0.2) is 35.9 Å². The summed E-state index contributed by atoms with van der Waals surface area (Å²) < 4.78 is 1.74. The van der Waals surface area contributed by atoms with Crippen molar-refractivity contribution >= 4 is 16.7 Å². The Hall–Kier alpha value is -2.07. The van der Waals surface area contributed by atoms with Crippen LogP contribution >= 0.6 is 0 Å². The van der Waals surface area contributed by atoms with Gasteiger partial charge in [0.1, 0.15) is 12.8 Å². The molecule has 126 valence electrons. The third-order valence-corrected chi connectivity index (χ3v) is 5.67. The number of ketones is 1. The molecule has 0 saturated carbocycles. The average Bonchev–Trinajstić information content (AvgIpc) is 2.82. The molecule has 1 aromatic carbocycles. The third kappa shape index (κ3) is 2.20. The van der Waals surface area contributed by atoms with Crippen molar-refractivity contribution < 1.29 is 9.63 Å². The van der Waals surface area contributed by atoms with Crippen LogP contribution in [-0.4, -0.2) is 42.7 Å². The second-order valence-corrected chi connectivity index (χ2v) is 7.08. The number of hydrogen-bond acceptors (Lipinski definition) is 3. The number of aromatic nitrogens is 1. The fourth-order valence-corrected chi connectivity index (χ4v) is 4.65. The zero-order valence-corrected chi connectivity index (χ0v) is 14.6. The lowest BCUT2D eigenvalue weighted by atomic mass is 9.78. The molecule has 0 bridgehead atoms. The zero-order valence-electron chi connectivity index (χ0n) is 14.6. The molecule has 0 amide bonds. The van der Waals surface area contributed by atoms with Crippen molar-refractivity contribution in [3.63, 3.8) is 0 Å². The number of carbonyl (C=O) groups excluding carboxylic acids is 1. The van der Waals surface area contributed by atoms with Crippen molar-refractivity contribution in [3.8, 4) is 0 Å². The highest BCUT2D eigenvalue weighted by atomic mass is 16.6. The third-order valence-electron chi connectivity index (χ3n) is 5.67. The van der Waals surface area contributed by atoms with Gasteiger partial charge in [0.25, 0.3) is 0 Å². The summed E-state index contributed by atoms with van der Waals surface area (Å²) in [7, 11) is 3.81. The molecule has 2 aliphatic rings. The van der Waals surface area contributed by atoms with Crippen LogP contribution in [0, 0.1) is 11.8 Å². The summed E-state index contributed by atoms with van der Waals surface area (Å²) in [5, 5.41) is 1.15. The molecule has 4 rings (SSSR count). The number of carbonyl (C=O) groups is 1. The molecule has 4 heteroatoms. The van der Waals surface area contributed by atoms with Gasteiger partial charge in [-0.2, -0.15) is 4.73 Å². The Labute approximate surface area is 142 Å². The Bertz CT molecular complexity index is 834. The quantitative estimate of drug-likeness (QED) is 0.757. The van der Waals surface area contributed by atoms with E-state index in [9.17, 15) is 4.79 Å². The normalized spacial score (nSPS) is 26.3. The van der Waals surface area contributed by atoms with Crippen LogP contribution in [0.5, 0.6) is 0 Å². The molecule has 2 unspecified atom stereocenters. The summed E-state index contributed by atoms with van der Waals surface area (Å²) in [5.41, 5.74) is 4.31. The number of fused-ring (bicyclic) bond motifs is 4. The Morgan fingerprint density at radius 3 is 2.79 bits per heavy atom. The average molecular weight is 324 g/mol. The smallest absolute Gasteiger partial charge is 0.183 e. The van der Waals surface area contributed by atoms with Gasteiger partial charge >= 0.3 is 0 Å². The molecule has 1 aliphatic carbocycles. The molecule has 1 saturated heterocycles. The van der Waals surface area contributed by atoms with Crippen molar-refractivity contribution in [2.45, 2.75) is 19.8 Å². The Balaban J connectivity index is 1.89. The monoisotopic (exact) mass is 324 g/mol. The van der Waals surface area contributed by atoms with Gasteiger partial charge in [0.15, 0.2) is 5.78 Å². The van der Waals surface area contributed by atoms with Crippen molar-refractivity contribution in [3.05, 3.63) is 47.2 Å². The first kappa shape index (κ1) is 15.5. The topological polar surface area (TPSA) is 34.5 Å². The highest BCUT2D eigenvalue weighted by Gasteiger charge is 2.39. The van der Waals surface area contributed by atoms with Gasteiger partial charge in [-0.05, 0) is 43.9 Å². The van der Waals surface area contributed by atoms with E-state index in [-0.39, 0.29) is 5.78 Å². The van der Waals surface area contributed by atoms with E-state index in [2.05, 4.69) is 31.0 Å². The highest BCUT2D eigenvalue weighted by molar-refractivity contribution is 6.03. The molecule has 1 aromatic heterocycles. The number of hydrogen-bond donors (Lipinski definition) is 0. The maximum atomic E-state index is 13.1. The second-order valence-electron chi connectivity index (χ2n) is 7.08. The summed E-state index contributed by atoms with van der Waals surface area (Å²) in [5.74, 6) is 1.05. The first-order valence-electron chi connectivity index (χ1n) is 8.67. The lowest BCUT2D eigenvalue weighted by molar-refractivity contribution is 0.0895. The van der Waals surface area contributed by atoms with Crippen LogP contribution in [0.2, 0.25) is 0 Å². The maximum Gasteiger partial charge on any atom is 0.183 e. The molecule has 1 aliphatic heterocycles. The first-order chi connectivity index (χ1) is 11.6. The molecule has 2 atom stereocenters. The Morgan fingerprint density at radius 1 is 1.25 bits per heavy atom. The van der Waals surface area contributed by atoms with E-state index in [0.29, 0.717) is 18.3 Å². The Kier molecular flexibility index (Phi) is 3.72. The van der Waals surface area contributed by atoms with Gasteiger partial charge in [0, 0.05) is 24.9 Å². The summed E-state index contributed by atoms with van der Waals surface area (Å²) in [6, 6.07) is 8.18. The van der Waals surface area contributed by atoms with E-state index in [4.69, 9.17) is 4.84 Å². The summed E-state index contributed by atoms with van der Waals surface area (Å²) >= 11 is 0. The lowest BCUT2D eigenvalue weighted by Gasteiger charge is -2.38. The fraction of sp³-hybridized carbons (Fsp3) is 0.450. The van der Waals surface area contributed by atoms with Gasteiger partial charge in [0.2, 0.25) is 0 Å². The number of benzene rings is 1. The molecular weight excluding hydrogens is 300 g/mol. The summed E-state index contributed by atoms with van der Waals surface area (Å²) in [6.07, 6.45) is 3.73. The highest BCUT2D eigenvalue weighted by Crippen LogP contribution is 2.40. The molecule has 4 nitrogen and oxygen atoms in total. The van der Waals surface area contributed by atoms with E-state index < -0.39 is 0 Å². The maximum absolute atomic E-state index is 13.1. The number of allylic oxidation sites excluding steroid dienone is 1. The SMILES string of the molecule is CC=C1CN(C)CC2Cc3c(n(OC)c4ccccc34)C(=O)CC12. The predicted octanol–water partition coefficient (Wildman–Crippen LogP) is 2.95. The number of Topliss-reactive ketones (excluding diaryl/α,β-unsaturated/α-hetero) is 1. The number of likely N-dealkylation sites (N-methyl/N-ethyl adjacent to an activating group) is 1. The molecule has 24 heavy (non-hydrogen) atoms. The van der Waals surface area contributed by atoms with Gasteiger partial charge in [-0.25, -0.2) is 0 Å².